The van der Waals surface area contributed by atoms with E-state index in [4.69, 9.17) is 16.0 Å². The van der Waals surface area contributed by atoms with Crippen LogP contribution in [0.15, 0.2) is 34.9 Å². The van der Waals surface area contributed by atoms with Crippen molar-refractivity contribution in [2.45, 2.75) is 12.3 Å². The molecule has 0 spiro atoms. The van der Waals surface area contributed by atoms with Crippen LogP contribution in [0.5, 0.6) is 0 Å². The van der Waals surface area contributed by atoms with Crippen molar-refractivity contribution in [2.75, 3.05) is 13.1 Å². The predicted octanol–water partition coefficient (Wildman–Crippen LogP) is 3.07. The van der Waals surface area contributed by atoms with E-state index in [1.165, 1.54) is 0 Å². The molecule has 3 rings (SSSR count). The average molecular weight is 249 g/mol. The Hall–Kier alpha value is -1.32. The molecule has 1 fully saturated rings. The van der Waals surface area contributed by atoms with E-state index in [1.54, 1.807) is 6.26 Å². The molecule has 1 aliphatic heterocycles. The van der Waals surface area contributed by atoms with Gasteiger partial charge in [-0.2, -0.15) is 0 Å². The molecule has 1 atom stereocenters. The van der Waals surface area contributed by atoms with Crippen molar-refractivity contribution in [1.82, 2.24) is 10.3 Å². The summed E-state index contributed by atoms with van der Waals surface area (Å²) in [7, 11) is 0. The van der Waals surface area contributed by atoms with Crippen LogP contribution in [0.4, 0.5) is 0 Å². The maximum atomic E-state index is 5.96. The molecule has 0 saturated carbocycles. The highest BCUT2D eigenvalue weighted by Crippen LogP contribution is 2.26. The summed E-state index contributed by atoms with van der Waals surface area (Å²) < 4.78 is 5.55. The maximum absolute atomic E-state index is 5.96. The second-order valence-corrected chi connectivity index (χ2v) is 4.71. The minimum atomic E-state index is 0.405. The van der Waals surface area contributed by atoms with E-state index in [2.05, 4.69) is 10.3 Å². The monoisotopic (exact) mass is 248 g/mol. The van der Waals surface area contributed by atoms with E-state index < -0.39 is 0 Å². The van der Waals surface area contributed by atoms with Crippen LogP contribution in [0.3, 0.4) is 0 Å². The van der Waals surface area contributed by atoms with Gasteiger partial charge in [0.05, 0.1) is 0 Å². The van der Waals surface area contributed by atoms with Gasteiger partial charge in [-0.25, -0.2) is 4.98 Å². The summed E-state index contributed by atoms with van der Waals surface area (Å²) in [5, 5.41) is 4.03. The van der Waals surface area contributed by atoms with Crippen LogP contribution in [-0.2, 0) is 0 Å². The summed E-state index contributed by atoms with van der Waals surface area (Å²) in [6, 6.07) is 7.66. The van der Waals surface area contributed by atoms with Crippen LogP contribution in [0, 0.1) is 0 Å². The molecule has 0 bridgehead atoms. The first-order valence-electron chi connectivity index (χ1n) is 5.75. The Labute approximate surface area is 105 Å². The summed E-state index contributed by atoms with van der Waals surface area (Å²) in [5.41, 5.74) is 1.85. The molecule has 1 aromatic heterocycles. The molecule has 0 amide bonds. The highest BCUT2D eigenvalue weighted by Gasteiger charge is 2.21. The Kier molecular flexibility index (Phi) is 2.87. The van der Waals surface area contributed by atoms with Crippen molar-refractivity contribution in [3.8, 4) is 11.3 Å². The topological polar surface area (TPSA) is 38.1 Å². The molecule has 2 aromatic rings. The fourth-order valence-corrected chi connectivity index (χ4v) is 2.31. The Balaban J connectivity index is 1.89. The average Bonchev–Trinajstić information content (AvgIpc) is 3.00. The van der Waals surface area contributed by atoms with Gasteiger partial charge in [-0.1, -0.05) is 23.7 Å². The molecule has 0 aliphatic carbocycles. The fourth-order valence-electron chi connectivity index (χ4n) is 2.12. The van der Waals surface area contributed by atoms with E-state index in [1.807, 2.05) is 24.3 Å². The molecule has 1 saturated heterocycles. The molecular weight excluding hydrogens is 236 g/mol. The second kappa shape index (κ2) is 4.51. The first kappa shape index (κ1) is 10.8. The van der Waals surface area contributed by atoms with Crippen LogP contribution >= 0.6 is 11.6 Å². The summed E-state index contributed by atoms with van der Waals surface area (Å²) in [6.45, 7) is 2.00. The fraction of sp³-hybridized carbons (Fsp3) is 0.308. The number of hydrogen-bond acceptors (Lipinski definition) is 3. The number of halogens is 1. The third-order valence-corrected chi connectivity index (χ3v) is 3.29. The van der Waals surface area contributed by atoms with Crippen LogP contribution in [0.1, 0.15) is 18.2 Å². The van der Waals surface area contributed by atoms with Gasteiger partial charge in [0, 0.05) is 23.0 Å². The van der Waals surface area contributed by atoms with Gasteiger partial charge >= 0.3 is 0 Å². The highest BCUT2D eigenvalue weighted by atomic mass is 35.5. The lowest BCUT2D eigenvalue weighted by Gasteiger charge is -2.00. The van der Waals surface area contributed by atoms with Gasteiger partial charge in [0.25, 0.3) is 0 Å². The quantitative estimate of drug-likeness (QED) is 0.888. The van der Waals surface area contributed by atoms with E-state index in [0.29, 0.717) is 5.92 Å². The van der Waals surface area contributed by atoms with Gasteiger partial charge in [0.15, 0.2) is 5.89 Å². The van der Waals surface area contributed by atoms with Gasteiger partial charge in [-0.15, -0.1) is 0 Å². The molecule has 1 N–H and O–H groups in total. The van der Waals surface area contributed by atoms with Gasteiger partial charge in [-0.3, -0.25) is 0 Å². The number of hydrogen-bond donors (Lipinski definition) is 1. The van der Waals surface area contributed by atoms with Crippen molar-refractivity contribution >= 4 is 11.6 Å². The molecule has 17 heavy (non-hydrogen) atoms. The second-order valence-electron chi connectivity index (χ2n) is 4.27. The van der Waals surface area contributed by atoms with Gasteiger partial charge in [0.2, 0.25) is 0 Å². The number of rotatable bonds is 2. The SMILES string of the molecule is Clc1cccc(-c2coc(C3CCNC3)n2)c1. The zero-order valence-corrected chi connectivity index (χ0v) is 10.1. The Morgan fingerprint density at radius 2 is 2.35 bits per heavy atom. The molecule has 1 unspecified atom stereocenters. The lowest BCUT2D eigenvalue weighted by molar-refractivity contribution is 0.457. The summed E-state index contributed by atoms with van der Waals surface area (Å²) in [4.78, 5) is 4.54. The third-order valence-electron chi connectivity index (χ3n) is 3.05. The minimum Gasteiger partial charge on any atom is -0.448 e. The highest BCUT2D eigenvalue weighted by molar-refractivity contribution is 6.30. The molecule has 0 radical (unpaired) electrons. The first-order valence-corrected chi connectivity index (χ1v) is 6.13. The van der Waals surface area contributed by atoms with E-state index in [-0.39, 0.29) is 0 Å². The lowest BCUT2D eigenvalue weighted by atomic mass is 10.1. The number of aromatic nitrogens is 1. The molecular formula is C13H13ClN2O. The van der Waals surface area contributed by atoms with Crippen molar-refractivity contribution in [1.29, 1.82) is 0 Å². The smallest absolute Gasteiger partial charge is 0.199 e. The Morgan fingerprint density at radius 3 is 3.12 bits per heavy atom. The minimum absolute atomic E-state index is 0.405. The van der Waals surface area contributed by atoms with Crippen molar-refractivity contribution in [2.24, 2.45) is 0 Å². The zero-order chi connectivity index (χ0) is 11.7. The third kappa shape index (κ3) is 2.21. The first-order chi connectivity index (χ1) is 8.33. The van der Waals surface area contributed by atoms with Crippen LogP contribution in [0.25, 0.3) is 11.3 Å². The van der Waals surface area contributed by atoms with Gasteiger partial charge in [-0.05, 0) is 25.1 Å². The molecule has 3 nitrogen and oxygen atoms in total. The number of nitrogens with zero attached hydrogens (tertiary/aromatic N) is 1. The summed E-state index contributed by atoms with van der Waals surface area (Å²) >= 11 is 5.96. The lowest BCUT2D eigenvalue weighted by Crippen LogP contribution is -2.08. The number of benzene rings is 1. The molecule has 88 valence electrons. The van der Waals surface area contributed by atoms with Crippen LogP contribution < -0.4 is 5.32 Å². The van der Waals surface area contributed by atoms with E-state index >= 15 is 0 Å². The normalized spacial score (nSPS) is 19.7. The zero-order valence-electron chi connectivity index (χ0n) is 9.32. The molecule has 4 heteroatoms. The molecule has 1 aliphatic rings. The maximum Gasteiger partial charge on any atom is 0.199 e. The van der Waals surface area contributed by atoms with Crippen molar-refractivity contribution in [3.05, 3.63) is 41.4 Å². The Bertz CT molecular complexity index is 518. The van der Waals surface area contributed by atoms with Crippen LogP contribution in [-0.4, -0.2) is 18.1 Å². The Morgan fingerprint density at radius 1 is 1.41 bits per heavy atom. The largest absolute Gasteiger partial charge is 0.448 e. The standard InChI is InChI=1S/C13H13ClN2O/c14-11-3-1-2-9(6-11)12-8-17-13(16-12)10-4-5-15-7-10/h1-3,6,8,10,15H,4-5,7H2. The van der Waals surface area contributed by atoms with Crippen molar-refractivity contribution in [3.63, 3.8) is 0 Å². The predicted molar refractivity (Wildman–Crippen MR) is 67.2 cm³/mol. The summed E-state index contributed by atoms with van der Waals surface area (Å²) in [6.07, 6.45) is 2.80. The number of nitrogens with one attached hydrogen (secondary N) is 1. The number of oxazole rings is 1. The van der Waals surface area contributed by atoms with E-state index in [9.17, 15) is 0 Å². The molecule has 1 aromatic carbocycles. The molecule has 2 heterocycles. The van der Waals surface area contributed by atoms with Gasteiger partial charge in [0.1, 0.15) is 12.0 Å². The van der Waals surface area contributed by atoms with Crippen molar-refractivity contribution < 1.29 is 4.42 Å². The summed E-state index contributed by atoms with van der Waals surface area (Å²) in [5.74, 6) is 1.23. The van der Waals surface area contributed by atoms with Gasteiger partial charge < -0.3 is 9.73 Å². The van der Waals surface area contributed by atoms with Crippen LogP contribution in [0.2, 0.25) is 5.02 Å². The van der Waals surface area contributed by atoms with E-state index in [0.717, 1.165) is 41.7 Å².